The van der Waals surface area contributed by atoms with Gasteiger partial charge < -0.3 is 24.8 Å². The van der Waals surface area contributed by atoms with E-state index in [9.17, 15) is 23.9 Å². The Hall–Kier alpha value is -3.63. The molecule has 3 N–H and O–H groups in total. The molecule has 176 valence electrons. The molecule has 9 nitrogen and oxygen atoms in total. The van der Waals surface area contributed by atoms with Gasteiger partial charge in [0.05, 0.1) is 29.0 Å². The van der Waals surface area contributed by atoms with Gasteiger partial charge in [-0.2, -0.15) is 0 Å². The zero-order chi connectivity index (χ0) is 24.3. The molecule has 0 saturated carbocycles. The summed E-state index contributed by atoms with van der Waals surface area (Å²) in [6, 6.07) is 2.91. The largest absolute Gasteiger partial charge is 0.458 e. The lowest BCUT2D eigenvalue weighted by Gasteiger charge is -2.21. The van der Waals surface area contributed by atoms with Gasteiger partial charge in [0.2, 0.25) is 5.91 Å². The summed E-state index contributed by atoms with van der Waals surface area (Å²) in [5.41, 5.74) is 3.92. The van der Waals surface area contributed by atoms with Gasteiger partial charge in [0.15, 0.2) is 6.10 Å². The number of carbonyl (C=O) groups excluding carboxylic acids is 2. The summed E-state index contributed by atoms with van der Waals surface area (Å²) in [5.74, 6) is -1.89. The van der Waals surface area contributed by atoms with E-state index in [1.165, 1.54) is 10.6 Å². The van der Waals surface area contributed by atoms with Crippen molar-refractivity contribution in [2.75, 3.05) is 6.61 Å². The number of aryl methyl sites for hydroxylation is 1. The molecule has 0 saturated heterocycles. The summed E-state index contributed by atoms with van der Waals surface area (Å²) in [4.78, 5) is 41.4. The number of fused-ring (bicyclic) bond motifs is 5. The lowest BCUT2D eigenvalue weighted by atomic mass is 9.92. The predicted molar refractivity (Wildman–Crippen MR) is 118 cm³/mol. The molecule has 34 heavy (non-hydrogen) atoms. The number of carbonyl (C=O) groups is 2. The topological polar surface area (TPSA) is 131 Å². The number of rotatable bonds is 4. The number of aliphatic hydroxyl groups excluding tert-OH is 2. The average molecular weight is 467 g/mol. The Bertz CT molecular complexity index is 1460. The molecule has 1 unspecified atom stereocenters. The van der Waals surface area contributed by atoms with Crippen LogP contribution in [-0.4, -0.2) is 38.2 Å². The van der Waals surface area contributed by atoms with E-state index in [1.807, 2.05) is 6.92 Å². The molecular formula is C24H22FN3O6. The maximum Gasteiger partial charge on any atom is 0.340 e. The third-order valence-electron chi connectivity index (χ3n) is 6.65. The smallest absolute Gasteiger partial charge is 0.340 e. The fraction of sp³-hybridized carbons (Fsp3) is 0.333. The lowest BCUT2D eigenvalue weighted by molar-refractivity contribution is -0.157. The number of aliphatic hydroxyl groups is 2. The standard InChI is InChI=1S/C24H22FN3O6/c1-3-11-14-7-28-18(4-12-15(23(28)32)9-34-24(33)22(12)31)21(14)27-17-5-16(25)10(2)13(20(11)17)6-26-19(30)8-29/h4-5,22,29,31H,3,6-9H2,1-2H3,(H,26,30). The maximum absolute atomic E-state index is 14.8. The average Bonchev–Trinajstić information content (AvgIpc) is 3.19. The van der Waals surface area contributed by atoms with Crippen molar-refractivity contribution in [3.8, 4) is 11.4 Å². The van der Waals surface area contributed by atoms with E-state index in [4.69, 9.17) is 14.8 Å². The number of hydrogen-bond donors (Lipinski definition) is 3. The van der Waals surface area contributed by atoms with Crippen LogP contribution in [0, 0.1) is 12.7 Å². The summed E-state index contributed by atoms with van der Waals surface area (Å²) in [5, 5.41) is 22.6. The van der Waals surface area contributed by atoms with Gasteiger partial charge in [-0.15, -0.1) is 0 Å². The van der Waals surface area contributed by atoms with Gasteiger partial charge >= 0.3 is 5.97 Å². The zero-order valence-corrected chi connectivity index (χ0v) is 18.6. The third-order valence-corrected chi connectivity index (χ3v) is 6.65. The number of nitrogens with zero attached hydrogens (tertiary/aromatic N) is 2. The maximum atomic E-state index is 14.8. The lowest BCUT2D eigenvalue weighted by Crippen LogP contribution is -2.32. The van der Waals surface area contributed by atoms with Crippen LogP contribution in [0.15, 0.2) is 16.9 Å². The van der Waals surface area contributed by atoms with Gasteiger partial charge in [0.25, 0.3) is 5.56 Å². The van der Waals surface area contributed by atoms with E-state index in [0.29, 0.717) is 39.8 Å². The van der Waals surface area contributed by atoms with Gasteiger partial charge in [-0.3, -0.25) is 9.59 Å². The summed E-state index contributed by atoms with van der Waals surface area (Å²) in [6.07, 6.45) is -1.00. The van der Waals surface area contributed by atoms with Crippen molar-refractivity contribution in [1.82, 2.24) is 14.9 Å². The molecule has 0 fully saturated rings. The third kappa shape index (κ3) is 3.13. The van der Waals surface area contributed by atoms with Crippen molar-refractivity contribution < 1.29 is 28.9 Å². The van der Waals surface area contributed by atoms with E-state index >= 15 is 0 Å². The number of aromatic nitrogens is 2. The SMILES string of the molecule is CCc1c2c(nc3cc(F)c(C)c(CNC(=O)CO)c13)-c1cc3c(c(=O)n1C2)COC(=O)C3O. The Morgan fingerprint density at radius 2 is 2.06 bits per heavy atom. The molecule has 10 heteroatoms. The quantitative estimate of drug-likeness (QED) is 0.384. The minimum atomic E-state index is -1.56. The molecular weight excluding hydrogens is 445 g/mol. The predicted octanol–water partition coefficient (Wildman–Crippen LogP) is 1.13. The van der Waals surface area contributed by atoms with Crippen LogP contribution in [0.4, 0.5) is 4.39 Å². The number of benzene rings is 1. The highest BCUT2D eigenvalue weighted by atomic mass is 19.1. The Kier molecular flexibility index (Phi) is 5.22. The van der Waals surface area contributed by atoms with E-state index in [2.05, 4.69) is 5.32 Å². The first-order valence-electron chi connectivity index (χ1n) is 10.9. The molecule has 2 aromatic heterocycles. The summed E-state index contributed by atoms with van der Waals surface area (Å²) < 4.78 is 21.3. The number of cyclic esters (lactones) is 1. The molecule has 2 aliphatic heterocycles. The van der Waals surface area contributed by atoms with Crippen molar-refractivity contribution in [3.63, 3.8) is 0 Å². The van der Waals surface area contributed by atoms with Crippen molar-refractivity contribution >= 4 is 22.8 Å². The summed E-state index contributed by atoms with van der Waals surface area (Å²) in [6.45, 7) is 2.91. The number of esters is 1. The Morgan fingerprint density at radius 3 is 2.76 bits per heavy atom. The zero-order valence-electron chi connectivity index (χ0n) is 18.6. The molecule has 1 aromatic carbocycles. The minimum Gasteiger partial charge on any atom is -0.458 e. The van der Waals surface area contributed by atoms with Crippen molar-refractivity contribution in [1.29, 1.82) is 0 Å². The highest BCUT2D eigenvalue weighted by molar-refractivity contribution is 5.92. The number of pyridine rings is 2. The van der Waals surface area contributed by atoms with Crippen molar-refractivity contribution in [3.05, 3.63) is 61.7 Å². The van der Waals surface area contributed by atoms with E-state index in [1.54, 1.807) is 13.0 Å². The fourth-order valence-corrected chi connectivity index (χ4v) is 4.89. The number of nitrogens with one attached hydrogen (secondary N) is 1. The van der Waals surface area contributed by atoms with E-state index < -0.39 is 30.4 Å². The van der Waals surface area contributed by atoms with Gasteiger partial charge in [0, 0.05) is 29.1 Å². The van der Waals surface area contributed by atoms with Crippen LogP contribution in [0.3, 0.4) is 0 Å². The van der Waals surface area contributed by atoms with Gasteiger partial charge in [-0.25, -0.2) is 14.2 Å². The second-order valence-corrected chi connectivity index (χ2v) is 8.43. The molecule has 3 aromatic rings. The second-order valence-electron chi connectivity index (χ2n) is 8.43. The van der Waals surface area contributed by atoms with Crippen LogP contribution in [0.2, 0.25) is 0 Å². The van der Waals surface area contributed by atoms with Crippen molar-refractivity contribution in [2.24, 2.45) is 0 Å². The molecule has 4 heterocycles. The summed E-state index contributed by atoms with van der Waals surface area (Å²) >= 11 is 0. The first kappa shape index (κ1) is 22.2. The normalized spacial score (nSPS) is 16.1. The molecule has 0 spiro atoms. The first-order chi connectivity index (χ1) is 16.3. The number of halogens is 1. The number of ether oxygens (including phenoxy) is 1. The van der Waals surface area contributed by atoms with Gasteiger partial charge in [-0.1, -0.05) is 6.92 Å². The van der Waals surface area contributed by atoms with Crippen LogP contribution in [-0.2, 0) is 40.4 Å². The minimum absolute atomic E-state index is 0.0137. The molecule has 0 aliphatic carbocycles. The molecule has 0 radical (unpaired) electrons. The monoisotopic (exact) mass is 467 g/mol. The summed E-state index contributed by atoms with van der Waals surface area (Å²) in [7, 11) is 0. The Morgan fingerprint density at radius 1 is 1.29 bits per heavy atom. The Labute approximate surface area is 192 Å². The number of amides is 1. The molecule has 1 amide bonds. The van der Waals surface area contributed by atoms with Gasteiger partial charge in [-0.05, 0) is 36.1 Å². The van der Waals surface area contributed by atoms with E-state index in [-0.39, 0.29) is 36.4 Å². The Balaban J connectivity index is 1.76. The number of hydrogen-bond acceptors (Lipinski definition) is 7. The van der Waals surface area contributed by atoms with Crippen molar-refractivity contribution in [2.45, 2.75) is 46.1 Å². The fourth-order valence-electron chi connectivity index (χ4n) is 4.89. The van der Waals surface area contributed by atoms with Crippen LogP contribution >= 0.6 is 0 Å². The highest BCUT2D eigenvalue weighted by Gasteiger charge is 2.35. The van der Waals surface area contributed by atoms with E-state index in [0.717, 1.165) is 11.1 Å². The molecule has 2 aliphatic rings. The van der Waals surface area contributed by atoms with Crippen LogP contribution in [0.5, 0.6) is 0 Å². The van der Waals surface area contributed by atoms with Crippen LogP contribution in [0.1, 0.15) is 46.4 Å². The van der Waals surface area contributed by atoms with Crippen LogP contribution < -0.4 is 10.9 Å². The van der Waals surface area contributed by atoms with Crippen LogP contribution in [0.25, 0.3) is 22.3 Å². The first-order valence-corrected chi connectivity index (χ1v) is 10.9. The molecule has 1 atom stereocenters. The van der Waals surface area contributed by atoms with Gasteiger partial charge in [0.1, 0.15) is 19.0 Å². The molecule has 0 bridgehead atoms. The molecule has 5 rings (SSSR count). The highest BCUT2D eigenvalue weighted by Crippen LogP contribution is 2.39. The second kappa shape index (κ2) is 8.00.